The van der Waals surface area contributed by atoms with Crippen LogP contribution in [-0.2, 0) is 17.9 Å². The van der Waals surface area contributed by atoms with E-state index in [0.29, 0.717) is 30.3 Å². The lowest BCUT2D eigenvalue weighted by atomic mass is 10.1. The van der Waals surface area contributed by atoms with Crippen molar-refractivity contribution in [2.45, 2.75) is 20.1 Å². The first kappa shape index (κ1) is 27.7. The highest BCUT2D eigenvalue weighted by molar-refractivity contribution is 14.1. The zero-order valence-electron chi connectivity index (χ0n) is 21.3. The number of rotatable bonds is 9. The van der Waals surface area contributed by atoms with E-state index in [1.165, 1.54) is 6.07 Å². The Morgan fingerprint density at radius 1 is 0.975 bits per heavy atom. The Morgan fingerprint density at radius 2 is 1.70 bits per heavy atom. The lowest BCUT2D eigenvalue weighted by molar-refractivity contribution is -0.385. The van der Waals surface area contributed by atoms with Crippen LogP contribution in [0.3, 0.4) is 0 Å². The van der Waals surface area contributed by atoms with Crippen molar-refractivity contribution in [3.05, 3.63) is 114 Å². The van der Waals surface area contributed by atoms with Gasteiger partial charge in [-0.2, -0.15) is 0 Å². The fraction of sp³-hybridized carbons (Fsp3) is 0.133. The number of para-hydroxylation sites is 1. The molecule has 0 spiro atoms. The summed E-state index contributed by atoms with van der Waals surface area (Å²) in [4.78, 5) is 37.9. The van der Waals surface area contributed by atoms with Crippen LogP contribution in [-0.4, -0.2) is 27.6 Å². The Bertz CT molecular complexity index is 1670. The summed E-state index contributed by atoms with van der Waals surface area (Å²) < 4.78 is 12.9. The van der Waals surface area contributed by atoms with Crippen LogP contribution in [0.25, 0.3) is 16.8 Å². The summed E-state index contributed by atoms with van der Waals surface area (Å²) in [6.07, 6.45) is 1.63. The molecule has 0 N–H and O–H groups in total. The zero-order chi connectivity index (χ0) is 28.2. The third-order valence-corrected chi connectivity index (χ3v) is 7.98. The molecule has 0 aliphatic carbocycles. The molecule has 4 aromatic rings. The smallest absolute Gasteiger partial charge is 0.293 e. The Morgan fingerprint density at radius 3 is 2.50 bits per heavy atom. The predicted molar refractivity (Wildman–Crippen MR) is 163 cm³/mol. The van der Waals surface area contributed by atoms with Gasteiger partial charge in [-0.25, -0.2) is 0 Å². The molecule has 0 radical (unpaired) electrons. The van der Waals surface area contributed by atoms with Crippen LogP contribution in [0.15, 0.2) is 83.8 Å². The van der Waals surface area contributed by atoms with Gasteiger partial charge in [0.1, 0.15) is 6.61 Å². The van der Waals surface area contributed by atoms with Gasteiger partial charge in [0.15, 0.2) is 11.5 Å². The Balaban J connectivity index is 1.39. The number of thioether (sulfide) groups is 1. The fourth-order valence-corrected chi connectivity index (χ4v) is 6.04. The van der Waals surface area contributed by atoms with Gasteiger partial charge in [-0.05, 0) is 81.4 Å². The molecule has 1 heterocycles. The van der Waals surface area contributed by atoms with Crippen molar-refractivity contribution >= 4 is 68.0 Å². The number of halogens is 1. The van der Waals surface area contributed by atoms with E-state index < -0.39 is 16.1 Å². The summed E-state index contributed by atoms with van der Waals surface area (Å²) in [5.41, 5.74) is 1.87. The van der Waals surface area contributed by atoms with Crippen molar-refractivity contribution < 1.29 is 24.0 Å². The third kappa shape index (κ3) is 5.82. The van der Waals surface area contributed by atoms with E-state index in [4.69, 9.17) is 9.47 Å². The first-order chi connectivity index (χ1) is 19.4. The number of carbonyl (C=O) groups excluding carboxylic acids is 2. The highest BCUT2D eigenvalue weighted by Gasteiger charge is 2.36. The number of benzene rings is 4. The van der Waals surface area contributed by atoms with Crippen LogP contribution >= 0.6 is 34.4 Å². The Hall–Kier alpha value is -3.90. The number of nitro groups is 1. The molecule has 40 heavy (non-hydrogen) atoms. The molecule has 0 bridgehead atoms. The molecule has 10 heteroatoms. The number of fused-ring (bicyclic) bond motifs is 1. The van der Waals surface area contributed by atoms with Gasteiger partial charge >= 0.3 is 0 Å². The quantitative estimate of drug-likeness (QED) is 0.0787. The zero-order valence-corrected chi connectivity index (χ0v) is 24.3. The third-order valence-electron chi connectivity index (χ3n) is 6.27. The maximum absolute atomic E-state index is 13.1. The number of nitrogens with zero attached hydrogens (tertiary/aromatic N) is 2. The Kier molecular flexibility index (Phi) is 8.36. The molecular formula is C30H23IN2O6S. The number of hydrogen-bond acceptors (Lipinski definition) is 7. The maximum Gasteiger partial charge on any atom is 0.293 e. The molecule has 1 aliphatic heterocycles. The largest absolute Gasteiger partial charge is 0.490 e. The van der Waals surface area contributed by atoms with Crippen molar-refractivity contribution in [1.82, 2.24) is 4.90 Å². The number of carbonyl (C=O) groups is 2. The highest BCUT2D eigenvalue weighted by Crippen LogP contribution is 2.39. The molecule has 1 aliphatic rings. The van der Waals surface area contributed by atoms with Crippen LogP contribution in [0.2, 0.25) is 0 Å². The lowest BCUT2D eigenvalue weighted by Gasteiger charge is -2.16. The predicted octanol–water partition coefficient (Wildman–Crippen LogP) is 7.57. The van der Waals surface area contributed by atoms with E-state index in [0.717, 1.165) is 36.6 Å². The number of imide groups is 1. The van der Waals surface area contributed by atoms with Gasteiger partial charge < -0.3 is 9.47 Å². The number of nitro benzene ring substituents is 1. The second kappa shape index (κ2) is 12.1. The minimum atomic E-state index is -0.522. The van der Waals surface area contributed by atoms with Gasteiger partial charge in [0.05, 0.1) is 26.6 Å². The molecule has 0 aromatic heterocycles. The lowest BCUT2D eigenvalue weighted by Crippen LogP contribution is -2.27. The summed E-state index contributed by atoms with van der Waals surface area (Å²) in [5, 5.41) is 13.1. The van der Waals surface area contributed by atoms with Crippen LogP contribution in [0, 0.1) is 13.7 Å². The normalized spacial score (nSPS) is 14.2. The first-order valence-corrected chi connectivity index (χ1v) is 14.3. The van der Waals surface area contributed by atoms with E-state index in [2.05, 4.69) is 40.8 Å². The van der Waals surface area contributed by atoms with Gasteiger partial charge in [-0.1, -0.05) is 60.7 Å². The van der Waals surface area contributed by atoms with Gasteiger partial charge in [-0.3, -0.25) is 24.6 Å². The summed E-state index contributed by atoms with van der Waals surface area (Å²) in [7, 11) is 0. The van der Waals surface area contributed by atoms with Gasteiger partial charge in [0.25, 0.3) is 16.8 Å². The van der Waals surface area contributed by atoms with Crippen molar-refractivity contribution in [3.8, 4) is 11.5 Å². The summed E-state index contributed by atoms with van der Waals surface area (Å²) >= 11 is 2.97. The average Bonchev–Trinajstić information content (AvgIpc) is 3.20. The Labute approximate surface area is 248 Å². The molecule has 5 rings (SSSR count). The van der Waals surface area contributed by atoms with E-state index in [9.17, 15) is 19.7 Å². The molecule has 0 unspecified atom stereocenters. The van der Waals surface area contributed by atoms with Crippen LogP contribution in [0.4, 0.5) is 10.5 Å². The summed E-state index contributed by atoms with van der Waals surface area (Å²) in [6, 6.07) is 23.9. The van der Waals surface area contributed by atoms with Crippen molar-refractivity contribution in [1.29, 1.82) is 0 Å². The minimum absolute atomic E-state index is 0.138. The van der Waals surface area contributed by atoms with Gasteiger partial charge in [0.2, 0.25) is 0 Å². The monoisotopic (exact) mass is 666 g/mol. The molecule has 0 atom stereocenters. The fourth-order valence-electron chi connectivity index (χ4n) is 4.42. The molecule has 1 saturated heterocycles. The molecule has 8 nitrogen and oxygen atoms in total. The van der Waals surface area contributed by atoms with Crippen LogP contribution in [0.5, 0.6) is 11.5 Å². The van der Waals surface area contributed by atoms with Gasteiger partial charge in [-0.15, -0.1) is 0 Å². The second-order valence-corrected chi connectivity index (χ2v) is 11.0. The summed E-state index contributed by atoms with van der Waals surface area (Å²) in [5.74, 6) is 0.620. The molecule has 202 valence electrons. The van der Waals surface area contributed by atoms with Crippen molar-refractivity contribution in [2.24, 2.45) is 0 Å². The topological polar surface area (TPSA) is 99.0 Å². The number of ether oxygens (including phenoxy) is 2. The number of amides is 2. The standard InChI is InChI=1S/C30H23IN2O6S/c1-2-38-26-15-19(14-24(31)28(26)39-18-22-11-7-10-20-8-3-5-12-23(20)22)16-27-29(34)32(30(35)40-27)17-21-9-4-6-13-25(21)33(36)37/h3-16H,2,17-18H2,1H3/b27-16-. The van der Waals surface area contributed by atoms with E-state index in [1.807, 2.05) is 37.3 Å². The molecular weight excluding hydrogens is 643 g/mol. The molecule has 2 amide bonds. The maximum atomic E-state index is 13.1. The van der Waals surface area contributed by atoms with Crippen LogP contribution < -0.4 is 9.47 Å². The molecule has 4 aromatic carbocycles. The highest BCUT2D eigenvalue weighted by atomic mass is 127. The SMILES string of the molecule is CCOc1cc(/C=C2\SC(=O)N(Cc3ccccc3[N+](=O)[O-])C2=O)cc(I)c1OCc1cccc2ccccc12. The summed E-state index contributed by atoms with van der Waals surface area (Å²) in [6.45, 7) is 2.46. The van der Waals surface area contributed by atoms with E-state index >= 15 is 0 Å². The van der Waals surface area contributed by atoms with E-state index in [1.54, 1.807) is 30.3 Å². The van der Waals surface area contributed by atoms with Gasteiger partial charge in [0, 0.05) is 11.6 Å². The molecule has 0 saturated carbocycles. The van der Waals surface area contributed by atoms with Crippen molar-refractivity contribution in [2.75, 3.05) is 6.61 Å². The van der Waals surface area contributed by atoms with Crippen LogP contribution in [0.1, 0.15) is 23.6 Å². The number of hydrogen-bond donors (Lipinski definition) is 0. The molecule has 1 fully saturated rings. The van der Waals surface area contributed by atoms with Crippen molar-refractivity contribution in [3.63, 3.8) is 0 Å². The average molecular weight is 666 g/mol. The van der Waals surface area contributed by atoms with E-state index in [-0.39, 0.29) is 22.7 Å². The first-order valence-electron chi connectivity index (χ1n) is 12.4. The second-order valence-electron chi connectivity index (χ2n) is 8.84. The minimum Gasteiger partial charge on any atom is -0.490 e.